The molecule has 0 unspecified atom stereocenters. The third kappa shape index (κ3) is 81.6. The van der Waals surface area contributed by atoms with Gasteiger partial charge in [0.15, 0.2) is 0 Å². The summed E-state index contributed by atoms with van der Waals surface area (Å²) in [4.78, 5) is 0. The van der Waals surface area contributed by atoms with Gasteiger partial charge in [-0.2, -0.15) is 0 Å². The van der Waals surface area contributed by atoms with Crippen LogP contribution in [0.25, 0.3) is 0 Å². The molecule has 0 aliphatic carbocycles. The predicted molar refractivity (Wildman–Crippen MR) is 29.8 cm³/mol. The zero-order valence-electron chi connectivity index (χ0n) is 6.04. The van der Waals surface area contributed by atoms with Gasteiger partial charge in [-0.25, -0.2) is 0 Å². The van der Waals surface area contributed by atoms with E-state index in [0.717, 1.165) is 0 Å². The molecule has 0 aliphatic rings. The van der Waals surface area contributed by atoms with Gasteiger partial charge >= 0.3 is 17.1 Å². The second kappa shape index (κ2) is 105. The summed E-state index contributed by atoms with van der Waals surface area (Å²) < 4.78 is 0. The zero-order valence-corrected chi connectivity index (χ0v) is 7.14. The molecule has 62 valence electrons. The topological polar surface area (TPSA) is 143 Å². The third-order valence-corrected chi connectivity index (χ3v) is 0. The molecule has 0 bridgehead atoms. The fourth-order valence-corrected chi connectivity index (χ4v) is 0. The van der Waals surface area contributed by atoms with Crippen molar-refractivity contribution in [3.05, 3.63) is 39.4 Å². The molecule has 0 heterocycles. The van der Waals surface area contributed by atoms with Crippen molar-refractivity contribution in [3.8, 4) is 0 Å². The summed E-state index contributed by atoms with van der Waals surface area (Å²) in [7, 11) is 0. The normalized spacial score (nSPS) is 0.923. The molecule has 0 atom stereocenters. The van der Waals surface area contributed by atoms with Crippen LogP contribution in [0.5, 0.6) is 0 Å². The van der Waals surface area contributed by atoms with Crippen LogP contribution in [-0.2, 0) is 17.1 Å². The van der Waals surface area contributed by atoms with Gasteiger partial charge in [-0.15, -0.1) is 0 Å². The van der Waals surface area contributed by atoms with Crippen LogP contribution in [0.15, 0.2) is 0 Å². The fourth-order valence-electron chi connectivity index (χ4n) is 0. The van der Waals surface area contributed by atoms with Crippen molar-refractivity contribution in [2.75, 3.05) is 0 Å². The SMILES string of the molecule is [C-]#N.[C-]#N.[C-]#N.[C-]#N.[C-]#N.[C-]#N.[Fe+6]. The number of hydrogen-bond donors (Lipinski definition) is 0. The van der Waals surface area contributed by atoms with E-state index in [1.807, 2.05) is 0 Å². The Morgan fingerprint density at radius 2 is 0.308 bits per heavy atom. The second-order valence-electron chi connectivity index (χ2n) is 0. The standard InChI is InChI=1S/6CN.Fe/c6*1-2;/q6*-1;+6. The summed E-state index contributed by atoms with van der Waals surface area (Å²) in [6.45, 7) is 28.5. The molecule has 0 aromatic carbocycles. The van der Waals surface area contributed by atoms with Crippen LogP contribution in [0.3, 0.4) is 0 Å². The summed E-state index contributed by atoms with van der Waals surface area (Å²) in [5, 5.41) is 37.5. The van der Waals surface area contributed by atoms with Gasteiger partial charge in [0.05, 0.1) is 0 Å². The van der Waals surface area contributed by atoms with Crippen molar-refractivity contribution in [1.29, 1.82) is 31.6 Å². The Bertz CT molecular complexity index is 92.1. The van der Waals surface area contributed by atoms with E-state index in [-0.39, 0.29) is 17.1 Å². The Labute approximate surface area is 88.5 Å². The molecular formula is C6FeN6. The number of nitrogens with zero attached hydrogens (tertiary/aromatic N) is 6. The van der Waals surface area contributed by atoms with Crippen molar-refractivity contribution in [3.63, 3.8) is 0 Å². The van der Waals surface area contributed by atoms with E-state index < -0.39 is 0 Å². The molecule has 0 aromatic rings. The zero-order chi connectivity index (χ0) is 12.0. The molecule has 13 heavy (non-hydrogen) atoms. The third-order valence-electron chi connectivity index (χ3n) is 0. The average molecular weight is 212 g/mol. The summed E-state index contributed by atoms with van der Waals surface area (Å²) in [5.41, 5.74) is 0. The summed E-state index contributed by atoms with van der Waals surface area (Å²) in [6, 6.07) is 0. The predicted octanol–water partition coefficient (Wildman–Crippen LogP) is 0.576. The van der Waals surface area contributed by atoms with Crippen molar-refractivity contribution >= 4 is 0 Å². The van der Waals surface area contributed by atoms with E-state index in [0.29, 0.717) is 0 Å². The van der Waals surface area contributed by atoms with Crippen LogP contribution in [0, 0.1) is 71.0 Å². The van der Waals surface area contributed by atoms with Crippen molar-refractivity contribution in [1.82, 2.24) is 0 Å². The fraction of sp³-hybridized carbons (Fsp3) is 0. The Morgan fingerprint density at radius 3 is 0.308 bits per heavy atom. The molecule has 6 nitrogen and oxygen atoms in total. The molecule has 0 aromatic heterocycles. The molecule has 7 heteroatoms. The molecule has 0 aliphatic heterocycles. The second-order valence-corrected chi connectivity index (χ2v) is 0. The quantitative estimate of drug-likeness (QED) is 0.424. The molecule has 0 rings (SSSR count). The molecule has 0 saturated heterocycles. The van der Waals surface area contributed by atoms with Gasteiger partial charge < -0.3 is 71.0 Å². The van der Waals surface area contributed by atoms with Gasteiger partial charge in [0, 0.05) is 0 Å². The van der Waals surface area contributed by atoms with Crippen molar-refractivity contribution < 1.29 is 17.1 Å². The monoisotopic (exact) mass is 212 g/mol. The first-order chi connectivity index (χ1) is 6.00. The molecule has 0 radical (unpaired) electrons. The Hall–Kier alpha value is -2.54. The molecular weight excluding hydrogens is 212 g/mol. The number of hydrogen-bond acceptors (Lipinski definition) is 6. The molecule has 0 saturated carbocycles. The van der Waals surface area contributed by atoms with E-state index in [4.69, 9.17) is 71.0 Å². The van der Waals surface area contributed by atoms with Crippen LogP contribution in [0.1, 0.15) is 0 Å². The minimum atomic E-state index is 0. The first-order valence-corrected chi connectivity index (χ1v) is 1.34. The summed E-state index contributed by atoms with van der Waals surface area (Å²) >= 11 is 0. The minimum absolute atomic E-state index is 0. The Kier molecular flexibility index (Phi) is 631. The van der Waals surface area contributed by atoms with Crippen LogP contribution < -0.4 is 0 Å². The average Bonchev–Trinajstić information content (AvgIpc) is 2.33. The van der Waals surface area contributed by atoms with Gasteiger partial charge in [-0.05, 0) is 0 Å². The maximum Gasteiger partial charge on any atom is 6.00 e. The Balaban J connectivity index is -0.00000000655. The first-order valence-electron chi connectivity index (χ1n) is 1.34. The van der Waals surface area contributed by atoms with Crippen molar-refractivity contribution in [2.24, 2.45) is 0 Å². The molecule has 0 amide bonds. The maximum absolute atomic E-state index is 6.25. The van der Waals surface area contributed by atoms with Gasteiger partial charge in [0.25, 0.3) is 0 Å². The first kappa shape index (κ1) is 78.2. The Morgan fingerprint density at radius 1 is 0.308 bits per heavy atom. The van der Waals surface area contributed by atoms with Gasteiger partial charge in [-0.1, -0.05) is 0 Å². The summed E-state index contributed by atoms with van der Waals surface area (Å²) in [6.07, 6.45) is 0. The maximum atomic E-state index is 6.25. The van der Waals surface area contributed by atoms with Gasteiger partial charge in [0.2, 0.25) is 0 Å². The van der Waals surface area contributed by atoms with Crippen LogP contribution in [0.4, 0.5) is 0 Å². The molecule has 0 spiro atoms. The van der Waals surface area contributed by atoms with Crippen LogP contribution >= 0.6 is 0 Å². The molecule has 0 fully saturated rings. The van der Waals surface area contributed by atoms with E-state index in [9.17, 15) is 0 Å². The van der Waals surface area contributed by atoms with E-state index >= 15 is 0 Å². The van der Waals surface area contributed by atoms with E-state index in [1.54, 1.807) is 0 Å². The van der Waals surface area contributed by atoms with E-state index in [1.165, 1.54) is 0 Å². The smallest absolute Gasteiger partial charge is 0.512 e. The van der Waals surface area contributed by atoms with E-state index in [2.05, 4.69) is 0 Å². The number of rotatable bonds is 0. The minimum Gasteiger partial charge on any atom is -0.512 e. The van der Waals surface area contributed by atoms with Crippen LogP contribution in [0.2, 0.25) is 0 Å². The van der Waals surface area contributed by atoms with Crippen molar-refractivity contribution in [2.45, 2.75) is 0 Å². The van der Waals surface area contributed by atoms with Crippen LogP contribution in [-0.4, -0.2) is 0 Å². The largest absolute Gasteiger partial charge is 6.00 e. The summed E-state index contributed by atoms with van der Waals surface area (Å²) in [5.74, 6) is 0. The van der Waals surface area contributed by atoms with Gasteiger partial charge in [-0.3, -0.25) is 0 Å². The van der Waals surface area contributed by atoms with Gasteiger partial charge in [0.1, 0.15) is 0 Å². The molecule has 0 N–H and O–H groups in total.